The SMILES string of the molecule is C.Cc1cc(C)c(CNC2CCC(Nc3nc(N(C)C)c4ccccc4n3)CC2)c(C)c1. The van der Waals surface area contributed by atoms with Gasteiger partial charge in [-0.1, -0.05) is 37.3 Å². The van der Waals surface area contributed by atoms with E-state index in [0.29, 0.717) is 12.1 Å². The summed E-state index contributed by atoms with van der Waals surface area (Å²) in [5.74, 6) is 1.71. The van der Waals surface area contributed by atoms with E-state index >= 15 is 0 Å². The topological polar surface area (TPSA) is 53.1 Å². The van der Waals surface area contributed by atoms with Crippen LogP contribution in [0.5, 0.6) is 0 Å². The maximum atomic E-state index is 4.80. The van der Waals surface area contributed by atoms with Gasteiger partial charge < -0.3 is 15.5 Å². The molecule has 4 rings (SSSR count). The lowest BCUT2D eigenvalue weighted by Gasteiger charge is -2.30. The van der Waals surface area contributed by atoms with E-state index in [1.165, 1.54) is 35.1 Å². The molecule has 1 aromatic heterocycles. The van der Waals surface area contributed by atoms with E-state index in [1.807, 2.05) is 26.2 Å². The van der Waals surface area contributed by atoms with Crippen molar-refractivity contribution < 1.29 is 0 Å². The number of hydrogen-bond donors (Lipinski definition) is 2. The summed E-state index contributed by atoms with van der Waals surface area (Å²) >= 11 is 0. The Balaban J connectivity index is 0.00000289. The highest BCUT2D eigenvalue weighted by Gasteiger charge is 2.22. The lowest BCUT2D eigenvalue weighted by Crippen LogP contribution is -2.37. The predicted molar refractivity (Wildman–Crippen MR) is 138 cm³/mol. The summed E-state index contributed by atoms with van der Waals surface area (Å²) in [7, 11) is 4.07. The number of hydrogen-bond acceptors (Lipinski definition) is 5. The standard InChI is InChI=1S/C26H35N5.CH4/c1-17-14-18(2)23(19(3)15-17)16-27-20-10-12-21(13-11-20)28-26-29-24-9-7-6-8-22(24)25(30-26)31(4)5;/h6-9,14-15,20-21,27H,10-13,16H2,1-5H3,(H,28,29,30);1H4. The van der Waals surface area contributed by atoms with Crippen LogP contribution in [-0.2, 0) is 6.54 Å². The molecule has 5 nitrogen and oxygen atoms in total. The zero-order valence-electron chi connectivity index (χ0n) is 19.5. The first-order valence-corrected chi connectivity index (χ1v) is 11.4. The molecule has 3 aromatic rings. The van der Waals surface area contributed by atoms with Gasteiger partial charge >= 0.3 is 0 Å². The summed E-state index contributed by atoms with van der Waals surface area (Å²) < 4.78 is 0. The van der Waals surface area contributed by atoms with Gasteiger partial charge in [0.2, 0.25) is 5.95 Å². The molecule has 2 N–H and O–H groups in total. The monoisotopic (exact) mass is 433 g/mol. The van der Waals surface area contributed by atoms with Crippen LogP contribution in [0.1, 0.15) is 55.4 Å². The van der Waals surface area contributed by atoms with Gasteiger partial charge in [0.05, 0.1) is 5.52 Å². The first-order valence-electron chi connectivity index (χ1n) is 11.4. The summed E-state index contributed by atoms with van der Waals surface area (Å²) in [6.07, 6.45) is 4.62. The fourth-order valence-corrected chi connectivity index (χ4v) is 4.82. The van der Waals surface area contributed by atoms with Crippen molar-refractivity contribution in [3.05, 3.63) is 58.7 Å². The maximum absolute atomic E-state index is 4.80. The lowest BCUT2D eigenvalue weighted by atomic mass is 9.90. The van der Waals surface area contributed by atoms with Crippen molar-refractivity contribution in [2.75, 3.05) is 24.3 Å². The van der Waals surface area contributed by atoms with E-state index in [0.717, 1.165) is 42.1 Å². The average molecular weight is 434 g/mol. The van der Waals surface area contributed by atoms with Crippen molar-refractivity contribution in [3.8, 4) is 0 Å². The molecule has 1 fully saturated rings. The highest BCUT2D eigenvalue weighted by atomic mass is 15.2. The molecule has 0 bridgehead atoms. The predicted octanol–water partition coefficient (Wildman–Crippen LogP) is 5.77. The number of anilines is 2. The number of aromatic nitrogens is 2. The fourth-order valence-electron chi connectivity index (χ4n) is 4.82. The highest BCUT2D eigenvalue weighted by molar-refractivity contribution is 5.90. The Kier molecular flexibility index (Phi) is 7.73. The van der Waals surface area contributed by atoms with Crippen LogP contribution in [0, 0.1) is 20.8 Å². The first-order chi connectivity index (χ1) is 14.9. The molecule has 0 aliphatic heterocycles. The minimum absolute atomic E-state index is 0. The largest absolute Gasteiger partial charge is 0.362 e. The fraction of sp³-hybridized carbons (Fsp3) is 0.481. The second-order valence-corrected chi connectivity index (χ2v) is 9.23. The number of para-hydroxylation sites is 1. The molecular weight excluding hydrogens is 394 g/mol. The molecule has 0 saturated heterocycles. The quantitative estimate of drug-likeness (QED) is 0.517. The summed E-state index contributed by atoms with van der Waals surface area (Å²) in [5, 5.41) is 8.51. The van der Waals surface area contributed by atoms with Gasteiger partial charge in [0.1, 0.15) is 5.82 Å². The van der Waals surface area contributed by atoms with Gasteiger partial charge in [-0.15, -0.1) is 0 Å². The zero-order chi connectivity index (χ0) is 22.0. The van der Waals surface area contributed by atoms with Gasteiger partial charge in [0, 0.05) is 38.1 Å². The maximum Gasteiger partial charge on any atom is 0.225 e. The Morgan fingerprint density at radius 3 is 2.19 bits per heavy atom. The van der Waals surface area contributed by atoms with Crippen LogP contribution in [-0.4, -0.2) is 36.1 Å². The van der Waals surface area contributed by atoms with E-state index in [-0.39, 0.29) is 7.43 Å². The molecule has 2 aromatic carbocycles. The molecule has 0 radical (unpaired) electrons. The number of aryl methyl sites for hydroxylation is 3. The van der Waals surface area contributed by atoms with Crippen molar-refractivity contribution in [3.63, 3.8) is 0 Å². The van der Waals surface area contributed by atoms with E-state index in [4.69, 9.17) is 9.97 Å². The van der Waals surface area contributed by atoms with E-state index < -0.39 is 0 Å². The summed E-state index contributed by atoms with van der Waals surface area (Å²) in [5.41, 5.74) is 6.57. The molecular formula is C27H39N5. The van der Waals surface area contributed by atoms with Crippen LogP contribution in [0.2, 0.25) is 0 Å². The number of benzene rings is 2. The van der Waals surface area contributed by atoms with Gasteiger partial charge in [0.25, 0.3) is 0 Å². The second-order valence-electron chi connectivity index (χ2n) is 9.23. The molecule has 0 unspecified atom stereocenters. The zero-order valence-corrected chi connectivity index (χ0v) is 19.5. The van der Waals surface area contributed by atoms with E-state index in [1.54, 1.807) is 0 Å². The van der Waals surface area contributed by atoms with Gasteiger partial charge in [-0.3, -0.25) is 0 Å². The van der Waals surface area contributed by atoms with Crippen LogP contribution >= 0.6 is 0 Å². The molecule has 1 heterocycles. The molecule has 0 amide bonds. The Morgan fingerprint density at radius 2 is 1.53 bits per heavy atom. The number of rotatable bonds is 6. The van der Waals surface area contributed by atoms with Crippen LogP contribution in [0.25, 0.3) is 10.9 Å². The van der Waals surface area contributed by atoms with Gasteiger partial charge in [-0.2, -0.15) is 4.98 Å². The minimum atomic E-state index is 0. The van der Waals surface area contributed by atoms with Gasteiger partial charge in [0.15, 0.2) is 0 Å². The number of fused-ring (bicyclic) bond motifs is 1. The van der Waals surface area contributed by atoms with Crippen molar-refractivity contribution in [2.24, 2.45) is 0 Å². The number of nitrogens with zero attached hydrogens (tertiary/aromatic N) is 3. The van der Waals surface area contributed by atoms with Crippen molar-refractivity contribution in [1.29, 1.82) is 0 Å². The smallest absolute Gasteiger partial charge is 0.225 e. The van der Waals surface area contributed by atoms with E-state index in [2.05, 4.69) is 60.6 Å². The average Bonchev–Trinajstić information content (AvgIpc) is 2.73. The Labute approximate surface area is 193 Å². The van der Waals surface area contributed by atoms with Crippen molar-refractivity contribution in [2.45, 2.75) is 72.5 Å². The van der Waals surface area contributed by atoms with E-state index in [9.17, 15) is 0 Å². The summed E-state index contributed by atoms with van der Waals surface area (Å²) in [4.78, 5) is 11.6. The van der Waals surface area contributed by atoms with Gasteiger partial charge in [-0.05, 0) is 75.3 Å². The Hall–Kier alpha value is -2.66. The number of nitrogens with one attached hydrogen (secondary N) is 2. The minimum Gasteiger partial charge on any atom is -0.362 e. The van der Waals surface area contributed by atoms with Crippen LogP contribution in [0.3, 0.4) is 0 Å². The summed E-state index contributed by atoms with van der Waals surface area (Å²) in [6.45, 7) is 7.58. The molecule has 1 aliphatic carbocycles. The molecule has 32 heavy (non-hydrogen) atoms. The highest BCUT2D eigenvalue weighted by Crippen LogP contribution is 2.26. The van der Waals surface area contributed by atoms with Crippen molar-refractivity contribution in [1.82, 2.24) is 15.3 Å². The van der Waals surface area contributed by atoms with Crippen molar-refractivity contribution >= 4 is 22.7 Å². The summed E-state index contributed by atoms with van der Waals surface area (Å²) in [6, 6.07) is 13.8. The van der Waals surface area contributed by atoms with Crippen LogP contribution in [0.4, 0.5) is 11.8 Å². The molecule has 5 heteroatoms. The van der Waals surface area contributed by atoms with Gasteiger partial charge in [-0.25, -0.2) is 4.98 Å². The first kappa shape index (κ1) is 24.0. The molecule has 1 saturated carbocycles. The molecule has 0 spiro atoms. The van der Waals surface area contributed by atoms with Crippen LogP contribution < -0.4 is 15.5 Å². The third-order valence-corrected chi connectivity index (χ3v) is 6.48. The molecule has 0 atom stereocenters. The molecule has 1 aliphatic rings. The molecule has 172 valence electrons. The lowest BCUT2D eigenvalue weighted by molar-refractivity contribution is 0.352. The second kappa shape index (κ2) is 10.3. The normalized spacial score (nSPS) is 18.3. The third-order valence-electron chi connectivity index (χ3n) is 6.48. The third kappa shape index (κ3) is 5.39. The Bertz CT molecular complexity index is 1030. The van der Waals surface area contributed by atoms with Crippen LogP contribution in [0.15, 0.2) is 36.4 Å². The Morgan fingerprint density at radius 1 is 0.906 bits per heavy atom.